The number of benzene rings is 2. The predicted molar refractivity (Wildman–Crippen MR) is 98.3 cm³/mol. The van der Waals surface area contributed by atoms with Crippen molar-refractivity contribution in [1.82, 2.24) is 15.0 Å². The van der Waals surface area contributed by atoms with Crippen LogP contribution in [0.2, 0.25) is 5.02 Å². The molecular formula is C17H16ClN5O3. The molecule has 3 aromatic rings. The Morgan fingerprint density at radius 1 is 1.12 bits per heavy atom. The second-order valence-corrected chi connectivity index (χ2v) is 5.67. The molecule has 0 bridgehead atoms. The molecule has 134 valence electrons. The zero-order valence-corrected chi connectivity index (χ0v) is 14.8. The molecule has 0 aliphatic heterocycles. The molecule has 0 spiro atoms. The van der Waals surface area contributed by atoms with Crippen LogP contribution in [-0.2, 0) is 0 Å². The normalized spacial score (nSPS) is 10.4. The lowest BCUT2D eigenvalue weighted by molar-refractivity contribution is 0.102. The summed E-state index contributed by atoms with van der Waals surface area (Å²) in [7, 11) is 3.05. The standard InChI is InChI=1S/C17H16ClN5O3/c1-25-13-8-5-11(9-14(13)26-2)20-17(24)15-16(19)23(22-21-15)12-6-3-10(18)4-7-12/h3-9H,19H2,1-2H3,(H,20,24). The quantitative estimate of drug-likeness (QED) is 0.712. The van der Waals surface area contributed by atoms with Gasteiger partial charge in [0.1, 0.15) is 0 Å². The van der Waals surface area contributed by atoms with Crippen LogP contribution in [0.15, 0.2) is 42.5 Å². The first-order chi connectivity index (χ1) is 12.5. The van der Waals surface area contributed by atoms with Gasteiger partial charge in [0.05, 0.1) is 19.9 Å². The van der Waals surface area contributed by atoms with Gasteiger partial charge in [-0.15, -0.1) is 5.10 Å². The number of carbonyl (C=O) groups is 1. The van der Waals surface area contributed by atoms with Gasteiger partial charge in [0.15, 0.2) is 23.0 Å². The first-order valence-corrected chi connectivity index (χ1v) is 7.91. The van der Waals surface area contributed by atoms with Gasteiger partial charge in [-0.05, 0) is 36.4 Å². The van der Waals surface area contributed by atoms with Crippen molar-refractivity contribution in [3.63, 3.8) is 0 Å². The number of hydrogen-bond donors (Lipinski definition) is 2. The van der Waals surface area contributed by atoms with E-state index in [9.17, 15) is 4.79 Å². The highest BCUT2D eigenvalue weighted by molar-refractivity contribution is 6.30. The van der Waals surface area contributed by atoms with E-state index in [2.05, 4.69) is 15.6 Å². The van der Waals surface area contributed by atoms with Crippen LogP contribution in [0.1, 0.15) is 10.5 Å². The first kappa shape index (κ1) is 17.6. The Morgan fingerprint density at radius 2 is 1.81 bits per heavy atom. The van der Waals surface area contributed by atoms with Crippen LogP contribution in [0, 0.1) is 0 Å². The van der Waals surface area contributed by atoms with Gasteiger partial charge in [0.2, 0.25) is 0 Å². The van der Waals surface area contributed by atoms with Crippen molar-refractivity contribution in [2.24, 2.45) is 0 Å². The summed E-state index contributed by atoms with van der Waals surface area (Å²) in [6.07, 6.45) is 0. The first-order valence-electron chi connectivity index (χ1n) is 7.54. The number of amides is 1. The van der Waals surface area contributed by atoms with Crippen molar-refractivity contribution in [1.29, 1.82) is 0 Å². The fourth-order valence-corrected chi connectivity index (χ4v) is 2.45. The molecule has 0 radical (unpaired) electrons. The van der Waals surface area contributed by atoms with Crippen LogP contribution in [0.5, 0.6) is 11.5 Å². The van der Waals surface area contributed by atoms with Gasteiger partial charge in [0.25, 0.3) is 5.91 Å². The number of nitrogens with zero attached hydrogens (tertiary/aromatic N) is 3. The third kappa shape index (κ3) is 3.40. The van der Waals surface area contributed by atoms with Gasteiger partial charge in [-0.3, -0.25) is 4.79 Å². The maximum absolute atomic E-state index is 12.5. The van der Waals surface area contributed by atoms with Gasteiger partial charge < -0.3 is 20.5 Å². The number of ether oxygens (including phenoxy) is 2. The lowest BCUT2D eigenvalue weighted by atomic mass is 10.2. The number of hydrogen-bond acceptors (Lipinski definition) is 6. The number of nitrogens with one attached hydrogen (secondary N) is 1. The minimum Gasteiger partial charge on any atom is -0.493 e. The molecule has 0 aliphatic rings. The Labute approximate surface area is 154 Å². The smallest absolute Gasteiger partial charge is 0.280 e. The van der Waals surface area contributed by atoms with Gasteiger partial charge in [-0.25, -0.2) is 0 Å². The summed E-state index contributed by atoms with van der Waals surface area (Å²) in [6, 6.07) is 11.8. The highest BCUT2D eigenvalue weighted by Gasteiger charge is 2.19. The number of nitrogens with two attached hydrogens (primary N) is 1. The van der Waals surface area contributed by atoms with E-state index in [4.69, 9.17) is 26.8 Å². The maximum Gasteiger partial charge on any atom is 0.280 e. The summed E-state index contributed by atoms with van der Waals surface area (Å²) in [5.74, 6) is 0.669. The molecule has 9 heteroatoms. The zero-order valence-electron chi connectivity index (χ0n) is 14.1. The van der Waals surface area contributed by atoms with Crippen molar-refractivity contribution in [3.8, 4) is 17.2 Å². The average Bonchev–Trinajstić information content (AvgIpc) is 3.03. The molecule has 1 amide bonds. The Bertz CT molecular complexity index is 940. The summed E-state index contributed by atoms with van der Waals surface area (Å²) < 4.78 is 11.7. The van der Waals surface area contributed by atoms with Crippen molar-refractivity contribution >= 4 is 29.0 Å². The van der Waals surface area contributed by atoms with E-state index in [1.165, 1.54) is 18.9 Å². The predicted octanol–water partition coefficient (Wildman–Crippen LogP) is 2.77. The van der Waals surface area contributed by atoms with Crippen LogP contribution in [0.25, 0.3) is 5.69 Å². The minimum absolute atomic E-state index is 0.00901. The second kappa shape index (κ2) is 7.32. The lowest BCUT2D eigenvalue weighted by Crippen LogP contribution is -2.15. The highest BCUT2D eigenvalue weighted by Crippen LogP contribution is 2.30. The van der Waals surface area contributed by atoms with Crippen molar-refractivity contribution < 1.29 is 14.3 Å². The number of rotatable bonds is 5. The fraction of sp³-hybridized carbons (Fsp3) is 0.118. The molecule has 0 saturated carbocycles. The van der Waals surface area contributed by atoms with E-state index in [1.54, 1.807) is 42.5 Å². The van der Waals surface area contributed by atoms with Crippen LogP contribution in [0.4, 0.5) is 11.5 Å². The number of aromatic nitrogens is 3. The third-order valence-corrected chi connectivity index (χ3v) is 3.88. The Hall–Kier alpha value is -3.26. The van der Waals surface area contributed by atoms with Crippen molar-refractivity contribution in [3.05, 3.63) is 53.2 Å². The number of anilines is 2. The summed E-state index contributed by atoms with van der Waals surface area (Å²) in [4.78, 5) is 12.5. The van der Waals surface area contributed by atoms with Gasteiger partial charge in [-0.2, -0.15) is 4.68 Å². The fourth-order valence-electron chi connectivity index (χ4n) is 2.33. The number of carbonyl (C=O) groups excluding carboxylic acids is 1. The maximum atomic E-state index is 12.5. The molecule has 1 aromatic heterocycles. The van der Waals surface area contributed by atoms with Crippen LogP contribution in [-0.4, -0.2) is 35.1 Å². The molecule has 0 fully saturated rings. The van der Waals surface area contributed by atoms with Crippen LogP contribution >= 0.6 is 11.6 Å². The van der Waals surface area contributed by atoms with Crippen molar-refractivity contribution in [2.45, 2.75) is 0 Å². The molecule has 0 saturated heterocycles. The largest absolute Gasteiger partial charge is 0.493 e. The summed E-state index contributed by atoms with van der Waals surface area (Å²) in [5, 5.41) is 11.1. The van der Waals surface area contributed by atoms with Gasteiger partial charge >= 0.3 is 0 Å². The molecule has 0 atom stereocenters. The van der Waals surface area contributed by atoms with E-state index >= 15 is 0 Å². The number of halogens is 1. The van der Waals surface area contributed by atoms with E-state index in [0.717, 1.165) is 0 Å². The lowest BCUT2D eigenvalue weighted by Gasteiger charge is -2.10. The van der Waals surface area contributed by atoms with E-state index in [-0.39, 0.29) is 11.5 Å². The van der Waals surface area contributed by atoms with Crippen LogP contribution in [0.3, 0.4) is 0 Å². The molecule has 8 nitrogen and oxygen atoms in total. The summed E-state index contributed by atoms with van der Waals surface area (Å²) >= 11 is 5.87. The molecule has 26 heavy (non-hydrogen) atoms. The molecule has 3 N–H and O–H groups in total. The molecule has 1 heterocycles. The number of methoxy groups -OCH3 is 2. The SMILES string of the molecule is COc1ccc(NC(=O)c2nnn(-c3ccc(Cl)cc3)c2N)cc1OC. The molecule has 2 aromatic carbocycles. The summed E-state index contributed by atoms with van der Waals surface area (Å²) in [6.45, 7) is 0. The van der Waals surface area contributed by atoms with E-state index in [1.807, 2.05) is 0 Å². The van der Waals surface area contributed by atoms with Crippen LogP contribution < -0.4 is 20.5 Å². The average molecular weight is 374 g/mol. The van der Waals surface area contributed by atoms with Gasteiger partial charge in [-0.1, -0.05) is 16.8 Å². The third-order valence-electron chi connectivity index (χ3n) is 3.63. The number of nitrogen functional groups attached to an aromatic ring is 1. The summed E-state index contributed by atoms with van der Waals surface area (Å²) in [5.41, 5.74) is 7.19. The van der Waals surface area contributed by atoms with E-state index < -0.39 is 5.91 Å². The molecule has 0 aliphatic carbocycles. The monoisotopic (exact) mass is 373 g/mol. The topological polar surface area (TPSA) is 104 Å². The van der Waals surface area contributed by atoms with Crippen molar-refractivity contribution in [2.75, 3.05) is 25.3 Å². The highest BCUT2D eigenvalue weighted by atomic mass is 35.5. The second-order valence-electron chi connectivity index (χ2n) is 5.24. The van der Waals surface area contributed by atoms with E-state index in [0.29, 0.717) is 27.9 Å². The Balaban J connectivity index is 1.84. The molecule has 0 unspecified atom stereocenters. The Morgan fingerprint density at radius 3 is 2.46 bits per heavy atom. The zero-order chi connectivity index (χ0) is 18.7. The van der Waals surface area contributed by atoms with Gasteiger partial charge in [0, 0.05) is 16.8 Å². The Kier molecular flexibility index (Phi) is 4.94. The molecular weight excluding hydrogens is 358 g/mol. The minimum atomic E-state index is -0.491. The molecule has 3 rings (SSSR count).